The van der Waals surface area contributed by atoms with Crippen LogP contribution in [0.15, 0.2) is 35.1 Å². The van der Waals surface area contributed by atoms with Crippen LogP contribution in [0.3, 0.4) is 0 Å². The number of H-pyrrole nitrogens is 2. The van der Waals surface area contributed by atoms with Crippen molar-refractivity contribution in [3.63, 3.8) is 0 Å². The molecule has 6 nitrogen and oxygen atoms in total. The van der Waals surface area contributed by atoms with E-state index in [9.17, 15) is 9.59 Å². The first kappa shape index (κ1) is 18.5. The summed E-state index contributed by atoms with van der Waals surface area (Å²) in [6, 6.07) is 10.3. The van der Waals surface area contributed by atoms with E-state index in [1.165, 1.54) is 17.2 Å². The van der Waals surface area contributed by atoms with Crippen molar-refractivity contribution in [3.8, 4) is 0 Å². The average molecular weight is 356 g/mol. The van der Waals surface area contributed by atoms with Gasteiger partial charge < -0.3 is 5.32 Å². The van der Waals surface area contributed by atoms with Gasteiger partial charge in [-0.3, -0.25) is 24.7 Å². The van der Waals surface area contributed by atoms with E-state index < -0.39 is 0 Å². The molecule has 1 saturated heterocycles. The molecule has 26 heavy (non-hydrogen) atoms. The Kier molecular flexibility index (Phi) is 5.93. The standard InChI is InChI=1S/C20H28N4O2/c1-14(2)10-15-5-7-16(8-6-15)12-24-9-3-4-17(13-24)21-20(26)18-11-19(25)23-22-18/h5-8,11,14,17H,3-4,9-10,12-13H2,1-2H3,(H,21,26)(H2,22,23,25). The summed E-state index contributed by atoms with van der Waals surface area (Å²) in [6.07, 6.45) is 3.13. The molecule has 3 rings (SSSR count). The number of carbonyl (C=O) groups is 1. The number of carbonyl (C=O) groups excluding carboxylic acids is 1. The molecule has 0 spiro atoms. The number of piperidine rings is 1. The second-order valence-electron chi connectivity index (χ2n) is 7.63. The Bertz CT molecular complexity index is 776. The van der Waals surface area contributed by atoms with Crippen LogP contribution in [0.2, 0.25) is 0 Å². The second-order valence-corrected chi connectivity index (χ2v) is 7.63. The number of amides is 1. The van der Waals surface area contributed by atoms with Crippen LogP contribution >= 0.6 is 0 Å². The predicted molar refractivity (Wildman–Crippen MR) is 102 cm³/mol. The van der Waals surface area contributed by atoms with Gasteiger partial charge in [-0.1, -0.05) is 38.1 Å². The van der Waals surface area contributed by atoms with Crippen LogP contribution in [0, 0.1) is 5.92 Å². The van der Waals surface area contributed by atoms with Gasteiger partial charge in [0.1, 0.15) is 5.69 Å². The van der Waals surface area contributed by atoms with Gasteiger partial charge in [0.05, 0.1) is 0 Å². The minimum atomic E-state index is -0.290. The van der Waals surface area contributed by atoms with Gasteiger partial charge >= 0.3 is 0 Å². The molecule has 1 aliphatic heterocycles. The third kappa shape index (κ3) is 5.08. The summed E-state index contributed by atoms with van der Waals surface area (Å²) in [5, 5.41) is 8.02. The smallest absolute Gasteiger partial charge is 0.269 e. The lowest BCUT2D eigenvalue weighted by atomic mass is 10.0. The molecular weight excluding hydrogens is 328 g/mol. The molecule has 2 heterocycles. The van der Waals surface area contributed by atoms with E-state index in [1.54, 1.807) is 0 Å². The average Bonchev–Trinajstić information content (AvgIpc) is 3.03. The van der Waals surface area contributed by atoms with Gasteiger partial charge in [-0.25, -0.2) is 0 Å². The van der Waals surface area contributed by atoms with Gasteiger partial charge in [-0.15, -0.1) is 0 Å². The normalized spacial score (nSPS) is 18.2. The Morgan fingerprint density at radius 3 is 2.62 bits per heavy atom. The summed E-state index contributed by atoms with van der Waals surface area (Å²) < 4.78 is 0. The van der Waals surface area contributed by atoms with E-state index in [0.717, 1.165) is 38.9 Å². The number of nitrogens with zero attached hydrogens (tertiary/aromatic N) is 1. The Balaban J connectivity index is 1.53. The highest BCUT2D eigenvalue weighted by atomic mass is 16.2. The lowest BCUT2D eigenvalue weighted by Crippen LogP contribution is -2.47. The van der Waals surface area contributed by atoms with Crippen molar-refractivity contribution in [1.82, 2.24) is 20.4 Å². The zero-order chi connectivity index (χ0) is 18.5. The summed E-state index contributed by atoms with van der Waals surface area (Å²) in [7, 11) is 0. The Labute approximate surface area is 154 Å². The van der Waals surface area contributed by atoms with Crippen molar-refractivity contribution in [2.24, 2.45) is 5.92 Å². The molecular formula is C20H28N4O2. The summed E-state index contributed by atoms with van der Waals surface area (Å²) in [5.74, 6) is 0.440. The SMILES string of the molecule is CC(C)Cc1ccc(CN2CCCC(NC(=O)c3cc(=O)[nH][nH]3)C2)cc1. The largest absolute Gasteiger partial charge is 0.347 e. The fraction of sp³-hybridized carbons (Fsp3) is 0.500. The number of likely N-dealkylation sites (tertiary alicyclic amines) is 1. The van der Waals surface area contributed by atoms with Gasteiger partial charge in [0.25, 0.3) is 11.5 Å². The van der Waals surface area contributed by atoms with Gasteiger partial charge in [0.15, 0.2) is 0 Å². The van der Waals surface area contributed by atoms with E-state index >= 15 is 0 Å². The van der Waals surface area contributed by atoms with Crippen molar-refractivity contribution in [2.45, 2.75) is 45.7 Å². The maximum atomic E-state index is 12.2. The fourth-order valence-electron chi connectivity index (χ4n) is 3.54. The fourth-order valence-corrected chi connectivity index (χ4v) is 3.54. The maximum absolute atomic E-state index is 12.2. The van der Waals surface area contributed by atoms with Crippen molar-refractivity contribution in [2.75, 3.05) is 13.1 Å². The number of rotatable bonds is 6. The van der Waals surface area contributed by atoms with Crippen molar-refractivity contribution in [1.29, 1.82) is 0 Å². The lowest BCUT2D eigenvalue weighted by molar-refractivity contribution is 0.0895. The zero-order valence-corrected chi connectivity index (χ0v) is 15.5. The third-order valence-electron chi connectivity index (χ3n) is 4.75. The molecule has 0 radical (unpaired) electrons. The van der Waals surface area contributed by atoms with Crippen molar-refractivity contribution < 1.29 is 4.79 Å². The van der Waals surface area contributed by atoms with Crippen LogP contribution in [-0.4, -0.2) is 40.1 Å². The summed E-state index contributed by atoms with van der Waals surface area (Å²) in [6.45, 7) is 7.24. The van der Waals surface area contributed by atoms with E-state index in [2.05, 4.69) is 58.5 Å². The number of hydrogen-bond donors (Lipinski definition) is 3. The molecule has 0 saturated carbocycles. The summed E-state index contributed by atoms with van der Waals surface area (Å²) in [4.78, 5) is 25.7. The number of benzene rings is 1. The van der Waals surface area contributed by atoms with Crippen LogP contribution in [0.25, 0.3) is 0 Å². The summed E-state index contributed by atoms with van der Waals surface area (Å²) >= 11 is 0. The molecule has 6 heteroatoms. The minimum Gasteiger partial charge on any atom is -0.347 e. The highest BCUT2D eigenvalue weighted by Gasteiger charge is 2.22. The first-order chi connectivity index (χ1) is 12.5. The lowest BCUT2D eigenvalue weighted by Gasteiger charge is -2.33. The van der Waals surface area contributed by atoms with Crippen molar-refractivity contribution in [3.05, 3.63) is 57.5 Å². The molecule has 1 fully saturated rings. The van der Waals surface area contributed by atoms with Gasteiger partial charge in [0, 0.05) is 25.2 Å². The molecule has 1 atom stereocenters. The van der Waals surface area contributed by atoms with E-state index in [4.69, 9.17) is 0 Å². The molecule has 1 aromatic heterocycles. The number of nitrogens with one attached hydrogen (secondary N) is 3. The molecule has 0 aliphatic carbocycles. The van der Waals surface area contributed by atoms with Crippen LogP contribution in [-0.2, 0) is 13.0 Å². The quantitative estimate of drug-likeness (QED) is 0.743. The second kappa shape index (κ2) is 8.36. The molecule has 1 aromatic carbocycles. The van der Waals surface area contributed by atoms with Crippen molar-refractivity contribution >= 4 is 5.91 Å². The third-order valence-corrected chi connectivity index (χ3v) is 4.75. The Morgan fingerprint density at radius 1 is 1.23 bits per heavy atom. The number of hydrogen-bond acceptors (Lipinski definition) is 3. The van der Waals surface area contributed by atoms with E-state index in [-0.39, 0.29) is 23.2 Å². The zero-order valence-electron chi connectivity index (χ0n) is 15.5. The van der Waals surface area contributed by atoms with Crippen LogP contribution in [0.4, 0.5) is 0 Å². The first-order valence-corrected chi connectivity index (χ1v) is 9.38. The number of aromatic nitrogens is 2. The molecule has 140 valence electrons. The van der Waals surface area contributed by atoms with Crippen LogP contribution < -0.4 is 10.9 Å². The van der Waals surface area contributed by atoms with Crippen LogP contribution in [0.1, 0.15) is 48.3 Å². The minimum absolute atomic E-state index is 0.106. The maximum Gasteiger partial charge on any atom is 0.269 e. The topological polar surface area (TPSA) is 81.0 Å². The van der Waals surface area contributed by atoms with E-state index in [1.807, 2.05) is 0 Å². The van der Waals surface area contributed by atoms with Crippen LogP contribution in [0.5, 0.6) is 0 Å². The first-order valence-electron chi connectivity index (χ1n) is 9.38. The molecule has 1 unspecified atom stereocenters. The Morgan fingerprint density at radius 2 is 1.96 bits per heavy atom. The van der Waals surface area contributed by atoms with Gasteiger partial charge in [0.2, 0.25) is 0 Å². The molecule has 1 amide bonds. The predicted octanol–water partition coefficient (Wildman–Crippen LogP) is 2.30. The highest BCUT2D eigenvalue weighted by molar-refractivity contribution is 5.92. The molecule has 3 N–H and O–H groups in total. The molecule has 0 bridgehead atoms. The van der Waals surface area contributed by atoms with Gasteiger partial charge in [-0.2, -0.15) is 0 Å². The highest BCUT2D eigenvalue weighted by Crippen LogP contribution is 2.16. The number of aromatic amines is 2. The molecule has 2 aromatic rings. The monoisotopic (exact) mass is 356 g/mol. The Hall–Kier alpha value is -2.34. The van der Waals surface area contributed by atoms with Gasteiger partial charge in [-0.05, 0) is 42.9 Å². The summed E-state index contributed by atoms with van der Waals surface area (Å²) in [5.41, 5.74) is 2.68. The van der Waals surface area contributed by atoms with E-state index in [0.29, 0.717) is 5.92 Å². The molecule has 1 aliphatic rings.